The quantitative estimate of drug-likeness (QED) is 0.603. The summed E-state index contributed by atoms with van der Waals surface area (Å²) in [6, 6.07) is 0. The molecule has 2 heteroatoms. The van der Waals surface area contributed by atoms with Crippen molar-refractivity contribution in [3.63, 3.8) is 0 Å². The van der Waals surface area contributed by atoms with Crippen LogP contribution in [0.15, 0.2) is 23.3 Å². The number of carbonyl (C=O) groups is 1. The number of allylic oxidation sites excluding steroid dienone is 4. The van der Waals surface area contributed by atoms with E-state index in [0.29, 0.717) is 0 Å². The van der Waals surface area contributed by atoms with E-state index in [9.17, 15) is 4.79 Å². The summed E-state index contributed by atoms with van der Waals surface area (Å²) in [5, 5.41) is 8.81. The van der Waals surface area contributed by atoms with Crippen LogP contribution >= 0.6 is 0 Å². The van der Waals surface area contributed by atoms with Crippen molar-refractivity contribution in [3.8, 4) is 0 Å². The van der Waals surface area contributed by atoms with Crippen molar-refractivity contribution >= 4 is 5.97 Å². The zero-order valence-corrected chi connectivity index (χ0v) is 6.92. The molecule has 0 amide bonds. The monoisotopic (exact) mass is 164 g/mol. The van der Waals surface area contributed by atoms with Gasteiger partial charge in [-0.15, -0.1) is 0 Å². The maximum absolute atomic E-state index is 10.7. The molecular weight excluding hydrogens is 152 g/mol. The summed E-state index contributed by atoms with van der Waals surface area (Å²) in [4.78, 5) is 10.7. The molecule has 64 valence electrons. The standard InChI is InChI=1S/C10H12O2/c11-10(12)9-5-7-3-1-2-4-8(7)6-9/h1-2,9H,3-6H2,(H,11,12). The molecule has 0 aromatic carbocycles. The number of carboxylic acid groups (broad SMARTS) is 1. The first-order valence-corrected chi connectivity index (χ1v) is 4.35. The minimum absolute atomic E-state index is 0.130. The molecule has 2 rings (SSSR count). The third kappa shape index (κ3) is 1.17. The van der Waals surface area contributed by atoms with Gasteiger partial charge in [-0.25, -0.2) is 0 Å². The molecule has 0 atom stereocenters. The molecule has 0 saturated heterocycles. The van der Waals surface area contributed by atoms with E-state index in [-0.39, 0.29) is 5.92 Å². The van der Waals surface area contributed by atoms with E-state index in [1.807, 2.05) is 0 Å². The van der Waals surface area contributed by atoms with Gasteiger partial charge >= 0.3 is 5.97 Å². The second kappa shape index (κ2) is 2.77. The SMILES string of the molecule is O=C(O)C1CC2=C(CC=CC2)C1. The summed E-state index contributed by atoms with van der Waals surface area (Å²) >= 11 is 0. The summed E-state index contributed by atoms with van der Waals surface area (Å²) in [5.41, 5.74) is 2.76. The predicted octanol–water partition coefficient (Wildman–Crippen LogP) is 2.13. The number of rotatable bonds is 1. The Bertz CT molecular complexity index is 254. The minimum atomic E-state index is -0.635. The molecule has 0 aromatic heterocycles. The van der Waals surface area contributed by atoms with E-state index in [1.165, 1.54) is 11.1 Å². The van der Waals surface area contributed by atoms with Crippen LogP contribution in [0.2, 0.25) is 0 Å². The maximum Gasteiger partial charge on any atom is 0.307 e. The Morgan fingerprint density at radius 1 is 1.25 bits per heavy atom. The van der Waals surface area contributed by atoms with E-state index >= 15 is 0 Å². The van der Waals surface area contributed by atoms with Crippen LogP contribution in [0, 0.1) is 5.92 Å². The summed E-state index contributed by atoms with van der Waals surface area (Å²) in [6.45, 7) is 0. The lowest BCUT2D eigenvalue weighted by Crippen LogP contribution is -2.09. The number of hydrogen-bond donors (Lipinski definition) is 1. The molecule has 2 aliphatic carbocycles. The minimum Gasteiger partial charge on any atom is -0.481 e. The van der Waals surface area contributed by atoms with Crippen LogP contribution in [-0.4, -0.2) is 11.1 Å². The van der Waals surface area contributed by atoms with Gasteiger partial charge in [-0.1, -0.05) is 23.3 Å². The van der Waals surface area contributed by atoms with E-state index in [4.69, 9.17) is 5.11 Å². The zero-order chi connectivity index (χ0) is 8.55. The van der Waals surface area contributed by atoms with Gasteiger partial charge in [0, 0.05) is 0 Å². The highest BCUT2D eigenvalue weighted by Crippen LogP contribution is 2.37. The van der Waals surface area contributed by atoms with E-state index in [0.717, 1.165) is 25.7 Å². The van der Waals surface area contributed by atoms with Crippen LogP contribution in [-0.2, 0) is 4.79 Å². The molecule has 0 heterocycles. The van der Waals surface area contributed by atoms with Gasteiger partial charge in [0.2, 0.25) is 0 Å². The Morgan fingerprint density at radius 2 is 1.75 bits per heavy atom. The summed E-state index contributed by atoms with van der Waals surface area (Å²) < 4.78 is 0. The van der Waals surface area contributed by atoms with Gasteiger partial charge in [0.1, 0.15) is 0 Å². The molecule has 2 aliphatic rings. The van der Waals surface area contributed by atoms with Gasteiger partial charge in [-0.2, -0.15) is 0 Å². The molecule has 0 bridgehead atoms. The lowest BCUT2D eigenvalue weighted by atomic mass is 10.0. The van der Waals surface area contributed by atoms with Crippen LogP contribution in [0.3, 0.4) is 0 Å². The lowest BCUT2D eigenvalue weighted by molar-refractivity contribution is -0.141. The van der Waals surface area contributed by atoms with Crippen molar-refractivity contribution in [2.45, 2.75) is 25.7 Å². The number of hydrogen-bond acceptors (Lipinski definition) is 1. The Hall–Kier alpha value is -1.05. The molecule has 0 fully saturated rings. The molecule has 0 radical (unpaired) electrons. The highest BCUT2D eigenvalue weighted by atomic mass is 16.4. The first-order chi connectivity index (χ1) is 5.77. The number of carboxylic acids is 1. The average molecular weight is 164 g/mol. The summed E-state index contributed by atoms with van der Waals surface area (Å²) in [5.74, 6) is -0.765. The molecule has 1 N–H and O–H groups in total. The second-order valence-electron chi connectivity index (χ2n) is 3.53. The third-order valence-corrected chi connectivity index (χ3v) is 2.73. The van der Waals surface area contributed by atoms with Crippen LogP contribution in [0.5, 0.6) is 0 Å². The molecule has 0 unspecified atom stereocenters. The Morgan fingerprint density at radius 3 is 2.17 bits per heavy atom. The fourth-order valence-corrected chi connectivity index (χ4v) is 2.04. The van der Waals surface area contributed by atoms with Crippen molar-refractivity contribution in [1.82, 2.24) is 0 Å². The third-order valence-electron chi connectivity index (χ3n) is 2.73. The second-order valence-corrected chi connectivity index (χ2v) is 3.53. The molecule has 0 spiro atoms. The topological polar surface area (TPSA) is 37.3 Å². The number of aliphatic carboxylic acids is 1. The van der Waals surface area contributed by atoms with Crippen LogP contribution in [0.25, 0.3) is 0 Å². The fourth-order valence-electron chi connectivity index (χ4n) is 2.04. The Labute approximate surface area is 71.6 Å². The van der Waals surface area contributed by atoms with Gasteiger partial charge in [0.05, 0.1) is 5.92 Å². The average Bonchev–Trinajstić information content (AvgIpc) is 2.46. The Balaban J connectivity index is 2.08. The van der Waals surface area contributed by atoms with Gasteiger partial charge in [0.15, 0.2) is 0 Å². The van der Waals surface area contributed by atoms with Crippen molar-refractivity contribution in [1.29, 1.82) is 0 Å². The Kier molecular flexibility index (Phi) is 1.75. The molecular formula is C10H12O2. The molecule has 0 aliphatic heterocycles. The smallest absolute Gasteiger partial charge is 0.307 e. The first-order valence-electron chi connectivity index (χ1n) is 4.35. The maximum atomic E-state index is 10.7. The first kappa shape index (κ1) is 7.59. The van der Waals surface area contributed by atoms with E-state index < -0.39 is 5.97 Å². The highest BCUT2D eigenvalue weighted by Gasteiger charge is 2.28. The van der Waals surface area contributed by atoms with Crippen LogP contribution in [0.1, 0.15) is 25.7 Å². The molecule has 12 heavy (non-hydrogen) atoms. The predicted molar refractivity (Wildman–Crippen MR) is 45.8 cm³/mol. The lowest BCUT2D eigenvalue weighted by Gasteiger charge is -2.06. The molecule has 0 aromatic rings. The summed E-state index contributed by atoms with van der Waals surface area (Å²) in [6.07, 6.45) is 7.83. The van der Waals surface area contributed by atoms with Gasteiger partial charge < -0.3 is 5.11 Å². The van der Waals surface area contributed by atoms with Gasteiger partial charge in [0.25, 0.3) is 0 Å². The van der Waals surface area contributed by atoms with Crippen LogP contribution in [0.4, 0.5) is 0 Å². The summed E-state index contributed by atoms with van der Waals surface area (Å²) in [7, 11) is 0. The van der Waals surface area contributed by atoms with Gasteiger partial charge in [-0.05, 0) is 25.7 Å². The van der Waals surface area contributed by atoms with Crippen LogP contribution < -0.4 is 0 Å². The zero-order valence-electron chi connectivity index (χ0n) is 6.92. The van der Waals surface area contributed by atoms with E-state index in [2.05, 4.69) is 12.2 Å². The largest absolute Gasteiger partial charge is 0.481 e. The van der Waals surface area contributed by atoms with Crippen molar-refractivity contribution in [2.24, 2.45) is 5.92 Å². The highest BCUT2D eigenvalue weighted by molar-refractivity contribution is 5.72. The normalized spacial score (nSPS) is 23.0. The molecule has 2 nitrogen and oxygen atoms in total. The van der Waals surface area contributed by atoms with Gasteiger partial charge in [-0.3, -0.25) is 4.79 Å². The van der Waals surface area contributed by atoms with E-state index in [1.54, 1.807) is 0 Å². The van der Waals surface area contributed by atoms with Crippen molar-refractivity contribution in [2.75, 3.05) is 0 Å². The van der Waals surface area contributed by atoms with Crippen molar-refractivity contribution < 1.29 is 9.90 Å². The fraction of sp³-hybridized carbons (Fsp3) is 0.500. The van der Waals surface area contributed by atoms with Crippen molar-refractivity contribution in [3.05, 3.63) is 23.3 Å². The molecule has 0 saturated carbocycles.